The van der Waals surface area contributed by atoms with Gasteiger partial charge in [-0.15, -0.1) is 0 Å². The molecule has 1 saturated carbocycles. The molecule has 0 radical (unpaired) electrons. The van der Waals surface area contributed by atoms with Crippen LogP contribution in [0.4, 0.5) is 0 Å². The zero-order chi connectivity index (χ0) is 14.4. The van der Waals surface area contributed by atoms with Crippen molar-refractivity contribution in [1.82, 2.24) is 5.32 Å². The van der Waals surface area contributed by atoms with Gasteiger partial charge in [-0.2, -0.15) is 5.26 Å². The van der Waals surface area contributed by atoms with E-state index in [1.807, 2.05) is 12.1 Å². The number of nitriles is 1. The van der Waals surface area contributed by atoms with Crippen LogP contribution in [-0.4, -0.2) is 13.2 Å². The Bertz CT molecular complexity index is 492. The molecule has 0 aliphatic heterocycles. The minimum absolute atomic E-state index is 0.121. The molecule has 0 spiro atoms. The van der Waals surface area contributed by atoms with Crippen LogP contribution in [0.3, 0.4) is 0 Å². The first-order valence-electron chi connectivity index (χ1n) is 7.18. The van der Waals surface area contributed by atoms with Gasteiger partial charge in [0.2, 0.25) is 0 Å². The summed E-state index contributed by atoms with van der Waals surface area (Å²) in [7, 11) is 0. The molecule has 4 heteroatoms. The lowest BCUT2D eigenvalue weighted by atomic mass is 10.1. The summed E-state index contributed by atoms with van der Waals surface area (Å²) in [6, 6.07) is 8.38. The second-order valence-electron chi connectivity index (χ2n) is 5.55. The molecule has 108 valence electrons. The van der Waals surface area contributed by atoms with Gasteiger partial charge in [0.25, 0.3) is 0 Å². The van der Waals surface area contributed by atoms with E-state index < -0.39 is 0 Å². The van der Waals surface area contributed by atoms with E-state index in [1.54, 1.807) is 0 Å². The highest BCUT2D eigenvalue weighted by atomic mass is 79.9. The van der Waals surface area contributed by atoms with Gasteiger partial charge in [0.05, 0.1) is 12.7 Å². The lowest BCUT2D eigenvalue weighted by molar-refractivity contribution is 0.234. The van der Waals surface area contributed by atoms with Crippen molar-refractivity contribution in [2.75, 3.05) is 13.2 Å². The predicted molar refractivity (Wildman–Crippen MR) is 83.5 cm³/mol. The van der Waals surface area contributed by atoms with E-state index in [4.69, 9.17) is 10.00 Å². The Labute approximate surface area is 129 Å². The first-order chi connectivity index (χ1) is 9.69. The third-order valence-electron chi connectivity index (χ3n) is 3.71. The third kappa shape index (κ3) is 4.22. The lowest BCUT2D eigenvalue weighted by Crippen LogP contribution is -2.17. The van der Waals surface area contributed by atoms with E-state index in [1.165, 1.54) is 5.56 Å². The van der Waals surface area contributed by atoms with Crippen molar-refractivity contribution in [2.45, 2.75) is 39.2 Å². The molecule has 0 bridgehead atoms. The Hall–Kier alpha value is -1.05. The maximum Gasteiger partial charge on any atom is 0.123 e. The van der Waals surface area contributed by atoms with Crippen molar-refractivity contribution in [3.05, 3.63) is 28.2 Å². The molecule has 0 unspecified atom stereocenters. The third-order valence-corrected chi connectivity index (χ3v) is 4.20. The average molecular weight is 337 g/mol. The highest BCUT2D eigenvalue weighted by Gasteiger charge is 2.43. The number of ether oxygens (including phenoxy) is 1. The monoisotopic (exact) mass is 336 g/mol. The molecule has 1 aromatic rings. The van der Waals surface area contributed by atoms with E-state index in [9.17, 15) is 0 Å². The molecule has 1 aliphatic rings. The van der Waals surface area contributed by atoms with Crippen LogP contribution in [-0.2, 0) is 6.54 Å². The van der Waals surface area contributed by atoms with Crippen LogP contribution in [0, 0.1) is 16.7 Å². The smallest absolute Gasteiger partial charge is 0.123 e. The molecule has 0 aromatic heterocycles. The van der Waals surface area contributed by atoms with Crippen LogP contribution in [0.2, 0.25) is 0 Å². The van der Waals surface area contributed by atoms with Gasteiger partial charge in [-0.3, -0.25) is 0 Å². The molecule has 3 nitrogen and oxygen atoms in total. The number of nitrogens with one attached hydrogen (secondary N) is 1. The number of nitrogens with zero attached hydrogens (tertiary/aromatic N) is 1. The summed E-state index contributed by atoms with van der Waals surface area (Å²) in [5, 5.41) is 12.3. The summed E-state index contributed by atoms with van der Waals surface area (Å²) < 4.78 is 7.06. The molecule has 1 aliphatic carbocycles. The zero-order valence-electron chi connectivity index (χ0n) is 11.9. The van der Waals surface area contributed by atoms with Gasteiger partial charge in [-0.05, 0) is 44.0 Å². The van der Waals surface area contributed by atoms with E-state index in [-0.39, 0.29) is 5.41 Å². The number of hydrogen-bond donors (Lipinski definition) is 1. The second kappa shape index (κ2) is 7.10. The van der Waals surface area contributed by atoms with Crippen LogP contribution < -0.4 is 10.1 Å². The van der Waals surface area contributed by atoms with Crippen molar-refractivity contribution >= 4 is 15.9 Å². The first-order valence-corrected chi connectivity index (χ1v) is 7.97. The molecule has 0 saturated heterocycles. The maximum atomic E-state index is 8.85. The van der Waals surface area contributed by atoms with Gasteiger partial charge in [0, 0.05) is 28.4 Å². The molecule has 1 fully saturated rings. The van der Waals surface area contributed by atoms with Gasteiger partial charge in [-0.1, -0.05) is 22.9 Å². The molecular formula is C16H21BrN2O. The highest BCUT2D eigenvalue weighted by molar-refractivity contribution is 9.10. The fraction of sp³-hybridized carbons (Fsp3) is 0.562. The number of rotatable bonds is 8. The summed E-state index contributed by atoms with van der Waals surface area (Å²) in [5.41, 5.74) is 1.29. The molecule has 0 atom stereocenters. The molecule has 0 amide bonds. The first kappa shape index (κ1) is 15.3. The minimum Gasteiger partial charge on any atom is -0.493 e. The SMILES string of the molecule is CCCNCc1cc(Br)ccc1OCC1(CC#N)CC1. The highest BCUT2D eigenvalue weighted by Crippen LogP contribution is 2.48. The van der Waals surface area contributed by atoms with E-state index in [2.05, 4.69) is 40.3 Å². The molecule has 2 rings (SSSR count). The van der Waals surface area contributed by atoms with E-state index in [0.717, 1.165) is 42.6 Å². The van der Waals surface area contributed by atoms with Gasteiger partial charge in [-0.25, -0.2) is 0 Å². The summed E-state index contributed by atoms with van der Waals surface area (Å²) >= 11 is 3.51. The Morgan fingerprint density at radius 1 is 1.45 bits per heavy atom. The Morgan fingerprint density at radius 3 is 2.90 bits per heavy atom. The van der Waals surface area contributed by atoms with Crippen molar-refractivity contribution in [3.63, 3.8) is 0 Å². The summed E-state index contributed by atoms with van der Waals surface area (Å²) in [5.74, 6) is 0.931. The Kier molecular flexibility index (Phi) is 5.45. The van der Waals surface area contributed by atoms with Crippen molar-refractivity contribution in [2.24, 2.45) is 5.41 Å². The van der Waals surface area contributed by atoms with Crippen LogP contribution in [0.25, 0.3) is 0 Å². The lowest BCUT2D eigenvalue weighted by Gasteiger charge is -2.16. The van der Waals surface area contributed by atoms with Gasteiger partial charge in [0.1, 0.15) is 5.75 Å². The van der Waals surface area contributed by atoms with Gasteiger partial charge in [0.15, 0.2) is 0 Å². The Balaban J connectivity index is 1.97. The fourth-order valence-electron chi connectivity index (χ4n) is 2.17. The standard InChI is InChI=1S/C16H21BrN2O/c1-2-9-19-11-13-10-14(17)3-4-15(13)20-12-16(5-6-16)7-8-18/h3-4,10,19H,2,5-7,9,11-12H2,1H3. The van der Waals surface area contributed by atoms with Crippen LogP contribution >= 0.6 is 15.9 Å². The fourth-order valence-corrected chi connectivity index (χ4v) is 2.58. The van der Waals surface area contributed by atoms with Gasteiger partial charge < -0.3 is 10.1 Å². The largest absolute Gasteiger partial charge is 0.493 e. The second-order valence-corrected chi connectivity index (χ2v) is 6.47. The minimum atomic E-state index is 0.121. The molecular weight excluding hydrogens is 316 g/mol. The molecule has 0 heterocycles. The Morgan fingerprint density at radius 2 is 2.25 bits per heavy atom. The van der Waals surface area contributed by atoms with E-state index in [0.29, 0.717) is 13.0 Å². The van der Waals surface area contributed by atoms with Crippen LogP contribution in [0.15, 0.2) is 22.7 Å². The zero-order valence-corrected chi connectivity index (χ0v) is 13.5. The summed E-state index contributed by atoms with van der Waals surface area (Å²) in [4.78, 5) is 0. The van der Waals surface area contributed by atoms with Gasteiger partial charge >= 0.3 is 0 Å². The molecule has 1 aromatic carbocycles. The maximum absolute atomic E-state index is 8.85. The van der Waals surface area contributed by atoms with E-state index >= 15 is 0 Å². The van der Waals surface area contributed by atoms with Crippen LogP contribution in [0.5, 0.6) is 5.75 Å². The molecule has 20 heavy (non-hydrogen) atoms. The quantitative estimate of drug-likeness (QED) is 0.729. The number of hydrogen-bond acceptors (Lipinski definition) is 3. The van der Waals surface area contributed by atoms with Crippen molar-refractivity contribution < 1.29 is 4.74 Å². The summed E-state index contributed by atoms with van der Waals surface area (Å²) in [6.07, 6.45) is 3.95. The van der Waals surface area contributed by atoms with Crippen molar-refractivity contribution in [1.29, 1.82) is 5.26 Å². The van der Waals surface area contributed by atoms with Crippen molar-refractivity contribution in [3.8, 4) is 11.8 Å². The number of halogens is 1. The van der Waals surface area contributed by atoms with Crippen LogP contribution in [0.1, 0.15) is 38.2 Å². The topological polar surface area (TPSA) is 45.0 Å². The predicted octanol–water partition coefficient (Wildman–Crippen LogP) is 4.02. The normalized spacial score (nSPS) is 15.7. The molecule has 1 N–H and O–H groups in total. The summed E-state index contributed by atoms with van der Waals surface area (Å²) in [6.45, 7) is 4.63. The average Bonchev–Trinajstić information content (AvgIpc) is 3.19. The number of benzene rings is 1.